The van der Waals surface area contributed by atoms with Gasteiger partial charge in [-0.2, -0.15) is 0 Å². The summed E-state index contributed by atoms with van der Waals surface area (Å²) in [7, 11) is 0. The molecule has 3 heterocycles. The number of aliphatic hydroxyl groups excluding tert-OH is 1. The lowest BCUT2D eigenvalue weighted by molar-refractivity contribution is -0.134. The number of ether oxygens (including phenoxy) is 1. The number of H-pyrrole nitrogens is 1. The van der Waals surface area contributed by atoms with Gasteiger partial charge >= 0.3 is 0 Å². The Morgan fingerprint density at radius 2 is 2.08 bits per heavy atom. The minimum Gasteiger partial charge on any atom is -0.493 e. The van der Waals surface area contributed by atoms with Crippen LogP contribution in [0.25, 0.3) is 22.3 Å². The van der Waals surface area contributed by atoms with Crippen LogP contribution in [0.3, 0.4) is 0 Å². The maximum atomic E-state index is 14.5. The average Bonchev–Trinajstić information content (AvgIpc) is 3.53. The number of aromatic amines is 1. The molecule has 3 N–H and O–H groups in total. The molecule has 1 aliphatic carbocycles. The molecule has 0 bridgehead atoms. The van der Waals surface area contributed by atoms with Crippen molar-refractivity contribution in [3.8, 4) is 17.0 Å². The largest absolute Gasteiger partial charge is 0.493 e. The van der Waals surface area contributed by atoms with Gasteiger partial charge in [0.25, 0.3) is 11.8 Å². The highest BCUT2D eigenvalue weighted by atomic mass is 19.3. The van der Waals surface area contributed by atoms with Crippen molar-refractivity contribution in [2.75, 3.05) is 26.3 Å². The molecule has 1 saturated carbocycles. The Morgan fingerprint density at radius 1 is 1.31 bits per heavy atom. The summed E-state index contributed by atoms with van der Waals surface area (Å²) in [5, 5.41) is 11.3. The third kappa shape index (κ3) is 4.48. The minimum atomic E-state index is -3.38. The molecule has 1 atom stereocenters. The van der Waals surface area contributed by atoms with E-state index in [4.69, 9.17) is 9.84 Å². The van der Waals surface area contributed by atoms with Gasteiger partial charge in [0.15, 0.2) is 0 Å². The molecule has 2 aliphatic rings. The molecule has 0 spiro atoms. The van der Waals surface area contributed by atoms with E-state index in [9.17, 15) is 22.8 Å². The molecule has 2 aromatic heterocycles. The second-order valence-corrected chi connectivity index (χ2v) is 9.19. The number of aryl methyl sites for hydroxylation is 1. The SMILES string of the molecule is Cc1[nH]c2c(-c3cc(F)ccc3OCC3CC3)ncnc2c1C(=O)N[C@@H]1CN(C(=O)CO)CC1(F)F. The normalized spacial score (nSPS) is 19.0. The highest BCUT2D eigenvalue weighted by Gasteiger charge is 2.50. The van der Waals surface area contributed by atoms with E-state index in [2.05, 4.69) is 20.3 Å². The standard InChI is InChI=1S/C24H24F3N5O4/c1-12-19(23(35)31-17-7-32(18(34)8-33)10-24(17,26)27)21-22(30-12)20(28-11-29-21)15-6-14(25)4-5-16(15)36-9-13-2-3-13/h4-6,11,13,17,30,33H,2-3,7-10H2,1H3,(H,31,35)/t17-/m1/s1. The van der Waals surface area contributed by atoms with Crippen LogP contribution < -0.4 is 10.1 Å². The van der Waals surface area contributed by atoms with E-state index in [1.54, 1.807) is 6.92 Å². The van der Waals surface area contributed by atoms with Crippen LogP contribution in [0.5, 0.6) is 5.75 Å². The Labute approximate surface area is 203 Å². The van der Waals surface area contributed by atoms with E-state index in [1.807, 2.05) is 0 Å². The third-order valence-corrected chi connectivity index (χ3v) is 6.47. The molecule has 0 radical (unpaired) electrons. The van der Waals surface area contributed by atoms with E-state index in [1.165, 1.54) is 24.5 Å². The Hall–Kier alpha value is -3.67. The van der Waals surface area contributed by atoms with Gasteiger partial charge in [-0.3, -0.25) is 9.59 Å². The number of aromatic nitrogens is 3. The first-order valence-electron chi connectivity index (χ1n) is 11.5. The summed E-state index contributed by atoms with van der Waals surface area (Å²) in [6.45, 7) is -0.157. The number of carbonyl (C=O) groups excluding carboxylic acids is 2. The number of amides is 2. The molecule has 1 aliphatic heterocycles. The van der Waals surface area contributed by atoms with Crippen molar-refractivity contribution >= 4 is 22.8 Å². The molecular formula is C24H24F3N5O4. The van der Waals surface area contributed by atoms with E-state index in [0.717, 1.165) is 17.7 Å². The zero-order valence-electron chi connectivity index (χ0n) is 19.4. The molecule has 1 aromatic carbocycles. The highest BCUT2D eigenvalue weighted by Crippen LogP contribution is 2.37. The molecule has 190 valence electrons. The molecule has 0 unspecified atom stereocenters. The first-order valence-corrected chi connectivity index (χ1v) is 11.5. The van der Waals surface area contributed by atoms with Gasteiger partial charge in [-0.1, -0.05) is 0 Å². The van der Waals surface area contributed by atoms with Crippen LogP contribution in [-0.4, -0.2) is 75.0 Å². The van der Waals surface area contributed by atoms with Crippen molar-refractivity contribution in [3.63, 3.8) is 0 Å². The van der Waals surface area contributed by atoms with Gasteiger partial charge in [-0.15, -0.1) is 0 Å². The number of hydrogen-bond donors (Lipinski definition) is 3. The highest BCUT2D eigenvalue weighted by molar-refractivity contribution is 6.09. The predicted octanol–water partition coefficient (Wildman–Crippen LogP) is 2.43. The van der Waals surface area contributed by atoms with Crippen molar-refractivity contribution in [1.29, 1.82) is 0 Å². The first-order chi connectivity index (χ1) is 17.2. The molecule has 5 rings (SSSR count). The van der Waals surface area contributed by atoms with E-state index in [-0.39, 0.29) is 11.1 Å². The lowest BCUT2D eigenvalue weighted by Crippen LogP contribution is -2.46. The van der Waals surface area contributed by atoms with Crippen LogP contribution in [0.4, 0.5) is 13.2 Å². The van der Waals surface area contributed by atoms with Crippen LogP contribution in [0.2, 0.25) is 0 Å². The molecule has 9 nitrogen and oxygen atoms in total. The topological polar surface area (TPSA) is 120 Å². The predicted molar refractivity (Wildman–Crippen MR) is 122 cm³/mol. The molecule has 2 fully saturated rings. The summed E-state index contributed by atoms with van der Waals surface area (Å²) in [5.74, 6) is -4.63. The number of hydrogen-bond acceptors (Lipinski definition) is 6. The van der Waals surface area contributed by atoms with Crippen molar-refractivity contribution in [2.24, 2.45) is 5.92 Å². The number of rotatable bonds is 7. The number of aliphatic hydroxyl groups is 1. The van der Waals surface area contributed by atoms with E-state index in [0.29, 0.717) is 40.7 Å². The Morgan fingerprint density at radius 3 is 2.81 bits per heavy atom. The summed E-state index contributed by atoms with van der Waals surface area (Å²) in [4.78, 5) is 37.1. The van der Waals surface area contributed by atoms with Crippen molar-refractivity contribution in [1.82, 2.24) is 25.2 Å². The summed E-state index contributed by atoms with van der Waals surface area (Å²) < 4.78 is 49.1. The quantitative estimate of drug-likeness (QED) is 0.456. The fraction of sp³-hybridized carbons (Fsp3) is 0.417. The van der Waals surface area contributed by atoms with E-state index >= 15 is 0 Å². The maximum Gasteiger partial charge on any atom is 0.286 e. The summed E-state index contributed by atoms with van der Waals surface area (Å²) in [5.41, 5.74) is 1.57. The zero-order valence-corrected chi connectivity index (χ0v) is 19.4. The lowest BCUT2D eigenvalue weighted by Gasteiger charge is -2.18. The molecule has 12 heteroatoms. The molecular weight excluding hydrogens is 479 g/mol. The zero-order chi connectivity index (χ0) is 25.6. The van der Waals surface area contributed by atoms with Crippen molar-refractivity contribution < 1.29 is 32.6 Å². The summed E-state index contributed by atoms with van der Waals surface area (Å²) in [6, 6.07) is 2.45. The van der Waals surface area contributed by atoms with Crippen molar-refractivity contribution in [3.05, 3.63) is 41.6 Å². The number of carbonyl (C=O) groups is 2. The fourth-order valence-corrected chi connectivity index (χ4v) is 4.36. The smallest absolute Gasteiger partial charge is 0.286 e. The van der Waals surface area contributed by atoms with Gasteiger partial charge in [-0.25, -0.2) is 23.1 Å². The van der Waals surface area contributed by atoms with E-state index < -0.39 is 49.3 Å². The van der Waals surface area contributed by atoms with Crippen LogP contribution in [0.15, 0.2) is 24.5 Å². The Bertz CT molecular complexity index is 1340. The van der Waals surface area contributed by atoms with Crippen LogP contribution in [0, 0.1) is 18.7 Å². The number of fused-ring (bicyclic) bond motifs is 1. The molecule has 36 heavy (non-hydrogen) atoms. The number of nitrogens with one attached hydrogen (secondary N) is 2. The Balaban J connectivity index is 1.47. The third-order valence-electron chi connectivity index (χ3n) is 6.47. The minimum absolute atomic E-state index is 0.0354. The fourth-order valence-electron chi connectivity index (χ4n) is 4.36. The summed E-state index contributed by atoms with van der Waals surface area (Å²) in [6.07, 6.45) is 3.37. The van der Waals surface area contributed by atoms with Crippen LogP contribution in [0.1, 0.15) is 28.9 Å². The van der Waals surface area contributed by atoms with Gasteiger partial charge in [0.1, 0.15) is 41.8 Å². The second kappa shape index (κ2) is 9.08. The number of halogens is 3. The Kier molecular flexibility index (Phi) is 6.07. The molecule has 1 saturated heterocycles. The second-order valence-electron chi connectivity index (χ2n) is 9.19. The number of likely N-dealkylation sites (tertiary alicyclic amines) is 1. The lowest BCUT2D eigenvalue weighted by atomic mass is 10.1. The van der Waals surface area contributed by atoms with Crippen LogP contribution >= 0.6 is 0 Å². The van der Waals surface area contributed by atoms with Crippen LogP contribution in [-0.2, 0) is 4.79 Å². The molecule has 3 aromatic rings. The number of alkyl halides is 2. The van der Waals surface area contributed by atoms with Gasteiger partial charge in [0.05, 0.1) is 24.2 Å². The van der Waals surface area contributed by atoms with Crippen molar-refractivity contribution in [2.45, 2.75) is 31.7 Å². The van der Waals surface area contributed by atoms with Gasteiger partial charge in [0, 0.05) is 17.8 Å². The van der Waals surface area contributed by atoms with Gasteiger partial charge in [-0.05, 0) is 43.9 Å². The number of nitrogens with zero attached hydrogens (tertiary/aromatic N) is 3. The average molecular weight is 503 g/mol. The summed E-state index contributed by atoms with van der Waals surface area (Å²) >= 11 is 0. The van der Waals surface area contributed by atoms with Gasteiger partial charge in [0.2, 0.25) is 5.91 Å². The number of benzene rings is 1. The maximum absolute atomic E-state index is 14.5. The monoisotopic (exact) mass is 503 g/mol. The molecule has 2 amide bonds. The van der Waals surface area contributed by atoms with Gasteiger partial charge < -0.3 is 25.0 Å². The first kappa shape index (κ1) is 24.0.